The van der Waals surface area contributed by atoms with E-state index in [0.717, 1.165) is 13.2 Å². The van der Waals surface area contributed by atoms with Crippen molar-refractivity contribution in [2.24, 2.45) is 11.3 Å². The maximum atomic E-state index is 5.66. The van der Waals surface area contributed by atoms with Gasteiger partial charge in [-0.05, 0) is 17.8 Å². The van der Waals surface area contributed by atoms with Gasteiger partial charge < -0.3 is 4.74 Å². The van der Waals surface area contributed by atoms with Crippen LogP contribution in [0.25, 0.3) is 0 Å². The Labute approximate surface area is 83.9 Å². The van der Waals surface area contributed by atoms with Crippen molar-refractivity contribution < 1.29 is 4.74 Å². The number of hydrogen-bond acceptors (Lipinski definition) is 1. The second kappa shape index (κ2) is 6.42. The molecule has 0 fully saturated rings. The van der Waals surface area contributed by atoms with Gasteiger partial charge in [0.2, 0.25) is 0 Å². The molecule has 0 unspecified atom stereocenters. The highest BCUT2D eigenvalue weighted by Gasteiger charge is 2.22. The third-order valence-corrected chi connectivity index (χ3v) is 2.93. The summed E-state index contributed by atoms with van der Waals surface area (Å²) < 4.78 is 5.66. The van der Waals surface area contributed by atoms with Crippen molar-refractivity contribution in [3.63, 3.8) is 0 Å². The first-order valence-electron chi connectivity index (χ1n) is 5.58. The first kappa shape index (κ1) is 13.0. The molecule has 0 spiro atoms. The number of ether oxygens (including phenoxy) is 1. The maximum absolute atomic E-state index is 5.66. The minimum Gasteiger partial charge on any atom is -0.381 e. The lowest BCUT2D eigenvalue weighted by Crippen LogP contribution is -2.25. The second-order valence-corrected chi connectivity index (χ2v) is 4.90. The summed E-state index contributed by atoms with van der Waals surface area (Å²) in [4.78, 5) is 0. The van der Waals surface area contributed by atoms with E-state index in [9.17, 15) is 0 Å². The normalized spacial score (nSPS) is 12.5. The van der Waals surface area contributed by atoms with E-state index in [1.165, 1.54) is 19.3 Å². The molecular formula is C12H26O. The fourth-order valence-corrected chi connectivity index (χ4v) is 0.956. The molecule has 0 saturated heterocycles. The summed E-state index contributed by atoms with van der Waals surface area (Å²) >= 11 is 0. The van der Waals surface area contributed by atoms with Crippen LogP contribution in [-0.2, 0) is 4.74 Å². The summed E-state index contributed by atoms with van der Waals surface area (Å²) in [5.41, 5.74) is 0.326. The fraction of sp³-hybridized carbons (Fsp3) is 1.00. The van der Waals surface area contributed by atoms with E-state index >= 15 is 0 Å². The Hall–Kier alpha value is -0.0400. The Bertz CT molecular complexity index is 116. The van der Waals surface area contributed by atoms with E-state index in [2.05, 4.69) is 34.6 Å². The summed E-state index contributed by atoms with van der Waals surface area (Å²) in [5.74, 6) is 0.693. The van der Waals surface area contributed by atoms with Gasteiger partial charge in [-0.15, -0.1) is 0 Å². The Morgan fingerprint density at radius 3 is 2.23 bits per heavy atom. The molecule has 0 aliphatic rings. The molecule has 0 aliphatic carbocycles. The van der Waals surface area contributed by atoms with E-state index in [1.807, 2.05) is 0 Å². The van der Waals surface area contributed by atoms with Crippen LogP contribution in [0.4, 0.5) is 0 Å². The van der Waals surface area contributed by atoms with Crippen molar-refractivity contribution in [1.82, 2.24) is 0 Å². The lowest BCUT2D eigenvalue weighted by atomic mass is 9.82. The van der Waals surface area contributed by atoms with Crippen LogP contribution in [0.2, 0.25) is 0 Å². The zero-order chi connectivity index (χ0) is 10.3. The van der Waals surface area contributed by atoms with E-state index in [-0.39, 0.29) is 0 Å². The molecule has 0 atom stereocenters. The lowest BCUT2D eigenvalue weighted by molar-refractivity contribution is 0.0359. The van der Waals surface area contributed by atoms with Gasteiger partial charge in [-0.25, -0.2) is 0 Å². The van der Waals surface area contributed by atoms with Crippen molar-refractivity contribution in [3.05, 3.63) is 0 Å². The quantitative estimate of drug-likeness (QED) is 0.548. The van der Waals surface area contributed by atoms with Crippen LogP contribution in [0.5, 0.6) is 0 Å². The van der Waals surface area contributed by atoms with E-state index in [0.29, 0.717) is 11.3 Å². The molecule has 0 aromatic carbocycles. The first-order chi connectivity index (χ1) is 6.00. The molecule has 0 bridgehead atoms. The molecule has 0 amide bonds. The van der Waals surface area contributed by atoms with Crippen LogP contribution in [0.1, 0.15) is 53.9 Å². The van der Waals surface area contributed by atoms with Gasteiger partial charge in [0.25, 0.3) is 0 Å². The zero-order valence-electron chi connectivity index (χ0n) is 10.0. The van der Waals surface area contributed by atoms with Gasteiger partial charge in [-0.1, -0.05) is 47.5 Å². The van der Waals surface area contributed by atoms with Crippen LogP contribution in [0.15, 0.2) is 0 Å². The Morgan fingerprint density at radius 1 is 1.15 bits per heavy atom. The minimum absolute atomic E-state index is 0.326. The highest BCUT2D eigenvalue weighted by Crippen LogP contribution is 2.26. The smallest absolute Gasteiger partial charge is 0.0519 e. The molecule has 13 heavy (non-hydrogen) atoms. The Morgan fingerprint density at radius 2 is 1.77 bits per heavy atom. The molecule has 0 radical (unpaired) electrons. The molecule has 0 saturated carbocycles. The predicted molar refractivity (Wildman–Crippen MR) is 59.0 cm³/mol. The number of unbranched alkanes of at least 4 members (excludes halogenated alkanes) is 2. The second-order valence-electron chi connectivity index (χ2n) is 4.90. The summed E-state index contributed by atoms with van der Waals surface area (Å²) in [6.07, 6.45) is 3.78. The molecular weight excluding hydrogens is 160 g/mol. The third kappa shape index (κ3) is 6.09. The van der Waals surface area contributed by atoms with Gasteiger partial charge in [0.1, 0.15) is 0 Å². The standard InChI is InChI=1S/C12H26O/c1-6-7-8-9-13-10-12(4,5)11(2)3/h11H,6-10H2,1-5H3. The van der Waals surface area contributed by atoms with E-state index in [1.54, 1.807) is 0 Å². The van der Waals surface area contributed by atoms with Crippen molar-refractivity contribution in [1.29, 1.82) is 0 Å². The van der Waals surface area contributed by atoms with Crippen molar-refractivity contribution >= 4 is 0 Å². The monoisotopic (exact) mass is 186 g/mol. The lowest BCUT2D eigenvalue weighted by Gasteiger charge is -2.28. The molecule has 0 aromatic heterocycles. The summed E-state index contributed by atoms with van der Waals surface area (Å²) in [6.45, 7) is 13.1. The van der Waals surface area contributed by atoms with Gasteiger partial charge in [0.05, 0.1) is 6.61 Å². The van der Waals surface area contributed by atoms with Gasteiger partial charge >= 0.3 is 0 Å². The van der Waals surface area contributed by atoms with E-state index in [4.69, 9.17) is 4.74 Å². The number of hydrogen-bond donors (Lipinski definition) is 0. The SMILES string of the molecule is CCCCCOCC(C)(C)C(C)C. The molecule has 0 aliphatic heterocycles. The van der Waals surface area contributed by atoms with Gasteiger partial charge in [-0.3, -0.25) is 0 Å². The average molecular weight is 186 g/mol. The molecule has 0 aromatic rings. The molecule has 0 N–H and O–H groups in total. The maximum Gasteiger partial charge on any atom is 0.0519 e. The summed E-state index contributed by atoms with van der Waals surface area (Å²) in [5, 5.41) is 0. The molecule has 0 heterocycles. The minimum atomic E-state index is 0.326. The van der Waals surface area contributed by atoms with Gasteiger partial charge in [0, 0.05) is 6.61 Å². The van der Waals surface area contributed by atoms with Crippen LogP contribution in [0.3, 0.4) is 0 Å². The molecule has 0 rings (SSSR count). The van der Waals surface area contributed by atoms with Crippen molar-refractivity contribution in [3.8, 4) is 0 Å². The Kier molecular flexibility index (Phi) is 6.40. The molecule has 1 heteroatoms. The molecule has 80 valence electrons. The molecule has 1 nitrogen and oxygen atoms in total. The van der Waals surface area contributed by atoms with Crippen molar-refractivity contribution in [2.45, 2.75) is 53.9 Å². The largest absolute Gasteiger partial charge is 0.381 e. The highest BCUT2D eigenvalue weighted by molar-refractivity contribution is 4.71. The van der Waals surface area contributed by atoms with Gasteiger partial charge in [0.15, 0.2) is 0 Å². The van der Waals surface area contributed by atoms with Crippen molar-refractivity contribution in [2.75, 3.05) is 13.2 Å². The highest BCUT2D eigenvalue weighted by atomic mass is 16.5. The summed E-state index contributed by atoms with van der Waals surface area (Å²) in [6, 6.07) is 0. The van der Waals surface area contributed by atoms with Crippen LogP contribution < -0.4 is 0 Å². The summed E-state index contributed by atoms with van der Waals surface area (Å²) in [7, 11) is 0. The van der Waals surface area contributed by atoms with Crippen LogP contribution in [-0.4, -0.2) is 13.2 Å². The topological polar surface area (TPSA) is 9.23 Å². The van der Waals surface area contributed by atoms with Gasteiger partial charge in [-0.2, -0.15) is 0 Å². The van der Waals surface area contributed by atoms with Crippen LogP contribution >= 0.6 is 0 Å². The predicted octanol–water partition coefficient (Wildman–Crippen LogP) is 3.88. The zero-order valence-corrected chi connectivity index (χ0v) is 10.0. The van der Waals surface area contributed by atoms with Crippen LogP contribution in [0, 0.1) is 11.3 Å². The first-order valence-corrected chi connectivity index (χ1v) is 5.58. The van der Waals surface area contributed by atoms with E-state index < -0.39 is 0 Å². The number of rotatable bonds is 7. The third-order valence-electron chi connectivity index (χ3n) is 2.93. The Balaban J connectivity index is 3.41. The average Bonchev–Trinajstić information content (AvgIpc) is 2.03. The fourth-order valence-electron chi connectivity index (χ4n) is 0.956.